The molecular formula is C12H21N3S. The molecule has 3 nitrogen and oxygen atoms in total. The quantitative estimate of drug-likeness (QED) is 0.874. The fourth-order valence-electron chi connectivity index (χ4n) is 2.25. The fraction of sp³-hybridized carbons (Fsp3) is 0.750. The van der Waals surface area contributed by atoms with Crippen molar-refractivity contribution in [1.29, 1.82) is 0 Å². The largest absolute Gasteiger partial charge is 0.326 e. The van der Waals surface area contributed by atoms with Gasteiger partial charge in [0.05, 0.1) is 6.20 Å². The number of thioether (sulfide) groups is 1. The van der Waals surface area contributed by atoms with Crippen LogP contribution in [0.2, 0.25) is 0 Å². The van der Waals surface area contributed by atoms with Gasteiger partial charge in [0.15, 0.2) is 0 Å². The Bertz CT molecular complexity index is 342. The zero-order chi connectivity index (χ0) is 11.6. The molecule has 1 aliphatic rings. The normalized spacial score (nSPS) is 27.2. The van der Waals surface area contributed by atoms with Crippen molar-refractivity contribution in [2.24, 2.45) is 5.73 Å². The Morgan fingerprint density at radius 3 is 3.06 bits per heavy atom. The van der Waals surface area contributed by atoms with E-state index in [-0.39, 0.29) is 10.8 Å². The highest BCUT2D eigenvalue weighted by atomic mass is 32.2. The average molecular weight is 239 g/mol. The van der Waals surface area contributed by atoms with Gasteiger partial charge in [0.1, 0.15) is 0 Å². The number of rotatable bonds is 4. The summed E-state index contributed by atoms with van der Waals surface area (Å²) in [5, 5.41) is 4.29. The summed E-state index contributed by atoms with van der Waals surface area (Å²) in [7, 11) is 0. The molecule has 16 heavy (non-hydrogen) atoms. The molecule has 2 unspecified atom stereocenters. The van der Waals surface area contributed by atoms with Gasteiger partial charge in [-0.15, -0.1) is 0 Å². The van der Waals surface area contributed by atoms with Crippen molar-refractivity contribution in [2.45, 2.75) is 50.4 Å². The van der Waals surface area contributed by atoms with Gasteiger partial charge >= 0.3 is 0 Å². The maximum absolute atomic E-state index is 6.34. The van der Waals surface area contributed by atoms with E-state index < -0.39 is 0 Å². The lowest BCUT2D eigenvalue weighted by Crippen LogP contribution is -2.42. The van der Waals surface area contributed by atoms with Crippen LogP contribution >= 0.6 is 11.8 Å². The molecule has 1 fully saturated rings. The lowest BCUT2D eigenvalue weighted by Gasteiger charge is -2.29. The number of nitrogens with two attached hydrogens (primary N) is 1. The monoisotopic (exact) mass is 239 g/mol. The van der Waals surface area contributed by atoms with Gasteiger partial charge in [-0.2, -0.15) is 16.9 Å². The summed E-state index contributed by atoms with van der Waals surface area (Å²) < 4.78 is 2.24. The Morgan fingerprint density at radius 2 is 2.50 bits per heavy atom. The summed E-state index contributed by atoms with van der Waals surface area (Å²) in [5.41, 5.74) is 7.60. The first-order chi connectivity index (χ1) is 7.64. The number of aromatic nitrogens is 2. The summed E-state index contributed by atoms with van der Waals surface area (Å²) in [6, 6.07) is 0.245. The fourth-order valence-corrected chi connectivity index (χ4v) is 3.59. The van der Waals surface area contributed by atoms with Crippen LogP contribution in [0.5, 0.6) is 0 Å². The second-order valence-corrected chi connectivity index (χ2v) is 6.41. The molecule has 1 aromatic heterocycles. The third-order valence-electron chi connectivity index (χ3n) is 3.50. The van der Waals surface area contributed by atoms with E-state index in [1.165, 1.54) is 24.2 Å². The molecule has 2 heterocycles. The molecule has 0 bridgehead atoms. The van der Waals surface area contributed by atoms with Crippen molar-refractivity contribution in [2.75, 3.05) is 5.75 Å². The number of nitrogens with zero attached hydrogens (tertiary/aromatic N) is 2. The molecule has 2 atom stereocenters. The zero-order valence-electron chi connectivity index (χ0n) is 10.1. The highest BCUT2D eigenvalue weighted by Crippen LogP contribution is 2.40. The van der Waals surface area contributed by atoms with Gasteiger partial charge < -0.3 is 5.73 Å². The molecule has 0 amide bonds. The van der Waals surface area contributed by atoms with Crippen molar-refractivity contribution >= 4 is 11.8 Å². The van der Waals surface area contributed by atoms with Crippen LogP contribution < -0.4 is 5.73 Å². The Balaban J connectivity index is 1.98. The number of aryl methyl sites for hydroxylation is 1. The molecular weight excluding hydrogens is 218 g/mol. The molecule has 2 N–H and O–H groups in total. The van der Waals surface area contributed by atoms with Crippen LogP contribution in [0.25, 0.3) is 0 Å². The molecule has 4 heteroatoms. The van der Waals surface area contributed by atoms with Gasteiger partial charge in [-0.25, -0.2) is 0 Å². The van der Waals surface area contributed by atoms with Crippen molar-refractivity contribution in [3.05, 3.63) is 18.0 Å². The van der Waals surface area contributed by atoms with E-state index in [1.54, 1.807) is 0 Å². The molecule has 1 saturated heterocycles. The minimum Gasteiger partial charge on any atom is -0.326 e. The van der Waals surface area contributed by atoms with Crippen LogP contribution in [0, 0.1) is 0 Å². The van der Waals surface area contributed by atoms with E-state index in [0.29, 0.717) is 0 Å². The molecule has 0 aromatic carbocycles. The molecule has 2 rings (SSSR count). The van der Waals surface area contributed by atoms with Gasteiger partial charge in [0.2, 0.25) is 0 Å². The Labute approximate surface area is 102 Å². The van der Waals surface area contributed by atoms with Crippen LogP contribution in [-0.2, 0) is 13.0 Å². The Kier molecular flexibility index (Phi) is 3.60. The number of hydrogen-bond donors (Lipinski definition) is 1. The van der Waals surface area contributed by atoms with Gasteiger partial charge in [-0.1, -0.05) is 0 Å². The smallest absolute Gasteiger partial charge is 0.0522 e. The first kappa shape index (κ1) is 12.0. The molecule has 1 aromatic rings. The topological polar surface area (TPSA) is 43.8 Å². The van der Waals surface area contributed by atoms with Crippen LogP contribution in [-0.4, -0.2) is 26.3 Å². The first-order valence-electron chi connectivity index (χ1n) is 6.05. The zero-order valence-corrected chi connectivity index (χ0v) is 11.0. The van der Waals surface area contributed by atoms with E-state index in [1.807, 2.05) is 22.6 Å². The van der Waals surface area contributed by atoms with Crippen LogP contribution in [0.3, 0.4) is 0 Å². The second-order valence-electron chi connectivity index (χ2n) is 4.78. The summed E-state index contributed by atoms with van der Waals surface area (Å²) >= 11 is 2.03. The van der Waals surface area contributed by atoms with E-state index in [4.69, 9.17) is 5.73 Å². The van der Waals surface area contributed by atoms with Crippen LogP contribution in [0.1, 0.15) is 32.3 Å². The van der Waals surface area contributed by atoms with E-state index in [9.17, 15) is 0 Å². The average Bonchev–Trinajstić information content (AvgIpc) is 2.88. The second kappa shape index (κ2) is 4.80. The van der Waals surface area contributed by atoms with Crippen LogP contribution in [0.4, 0.5) is 0 Å². The molecule has 1 aliphatic heterocycles. The highest BCUT2D eigenvalue weighted by molar-refractivity contribution is 8.00. The summed E-state index contributed by atoms with van der Waals surface area (Å²) in [4.78, 5) is 0. The number of hydrogen-bond acceptors (Lipinski definition) is 3. The Morgan fingerprint density at radius 1 is 1.69 bits per heavy atom. The minimum absolute atomic E-state index is 0.245. The van der Waals surface area contributed by atoms with Gasteiger partial charge in [-0.3, -0.25) is 4.68 Å². The molecule has 0 radical (unpaired) electrons. The predicted octanol–water partition coefficient (Wildman–Crippen LogP) is 2.06. The van der Waals surface area contributed by atoms with Crippen molar-refractivity contribution < 1.29 is 0 Å². The first-order valence-corrected chi connectivity index (χ1v) is 7.03. The molecule has 90 valence electrons. The third kappa shape index (κ3) is 2.43. The summed E-state index contributed by atoms with van der Waals surface area (Å²) in [6.07, 6.45) is 7.57. The minimum atomic E-state index is 0.245. The SMILES string of the molecule is CCn1cc(CC(N)C2(C)CCCS2)cn1. The van der Waals surface area contributed by atoms with E-state index >= 15 is 0 Å². The molecule has 0 saturated carbocycles. The van der Waals surface area contributed by atoms with Gasteiger partial charge in [0.25, 0.3) is 0 Å². The molecule has 0 spiro atoms. The van der Waals surface area contributed by atoms with Crippen LogP contribution in [0.15, 0.2) is 12.4 Å². The van der Waals surface area contributed by atoms with E-state index in [2.05, 4.69) is 25.1 Å². The lowest BCUT2D eigenvalue weighted by atomic mass is 9.92. The standard InChI is InChI=1S/C12H21N3S/c1-3-15-9-10(8-14-15)7-11(13)12(2)5-4-6-16-12/h8-9,11H,3-7,13H2,1-2H3. The predicted molar refractivity (Wildman–Crippen MR) is 69.7 cm³/mol. The maximum Gasteiger partial charge on any atom is 0.0522 e. The summed E-state index contributed by atoms with van der Waals surface area (Å²) in [6.45, 7) is 5.34. The lowest BCUT2D eigenvalue weighted by molar-refractivity contribution is 0.482. The maximum atomic E-state index is 6.34. The van der Waals surface area contributed by atoms with Gasteiger partial charge in [0, 0.05) is 23.5 Å². The van der Waals surface area contributed by atoms with Crippen molar-refractivity contribution in [3.63, 3.8) is 0 Å². The molecule has 0 aliphatic carbocycles. The Hall–Kier alpha value is -0.480. The summed E-state index contributed by atoms with van der Waals surface area (Å²) in [5.74, 6) is 1.26. The van der Waals surface area contributed by atoms with Gasteiger partial charge in [-0.05, 0) is 44.4 Å². The highest BCUT2D eigenvalue weighted by Gasteiger charge is 2.35. The van der Waals surface area contributed by atoms with E-state index in [0.717, 1.165) is 13.0 Å². The van der Waals surface area contributed by atoms with Crippen molar-refractivity contribution in [1.82, 2.24) is 9.78 Å². The van der Waals surface area contributed by atoms with Crippen molar-refractivity contribution in [3.8, 4) is 0 Å². The third-order valence-corrected chi connectivity index (χ3v) is 5.16.